The zero-order chi connectivity index (χ0) is 23.3. The maximum Gasteiger partial charge on any atom is 0.337 e. The number of hydrogen-bond donors (Lipinski definition) is 1. The molecule has 166 valence electrons. The summed E-state index contributed by atoms with van der Waals surface area (Å²) in [5.74, 6) is -1.60. The average Bonchev–Trinajstić information content (AvgIpc) is 3.29. The van der Waals surface area contributed by atoms with Crippen LogP contribution in [-0.2, 0) is 19.1 Å². The van der Waals surface area contributed by atoms with Gasteiger partial charge in [0, 0.05) is 23.5 Å². The van der Waals surface area contributed by atoms with Crippen LogP contribution in [0.15, 0.2) is 75.7 Å². The fraction of sp³-hybridized carbons (Fsp3) is 0.217. The maximum atomic E-state index is 13.0. The first kappa shape index (κ1) is 22.5. The van der Waals surface area contributed by atoms with E-state index in [1.54, 1.807) is 44.2 Å². The van der Waals surface area contributed by atoms with Gasteiger partial charge in [-0.1, -0.05) is 12.1 Å². The molecule has 3 rings (SSSR count). The number of esters is 2. The Hall–Kier alpha value is -4.14. The van der Waals surface area contributed by atoms with Crippen molar-refractivity contribution in [3.8, 4) is 0 Å². The molecule has 1 N–H and O–H groups in total. The second kappa shape index (κ2) is 9.78. The molecule has 0 aliphatic carbocycles. The molecule has 1 aliphatic rings. The Morgan fingerprint density at radius 3 is 2.50 bits per heavy atom. The molecule has 0 spiro atoms. The van der Waals surface area contributed by atoms with Gasteiger partial charge in [0.2, 0.25) is 0 Å². The van der Waals surface area contributed by atoms with Crippen molar-refractivity contribution in [2.24, 2.45) is 0 Å². The molecule has 1 unspecified atom stereocenters. The number of benzene rings is 1. The molecule has 1 aromatic heterocycles. The van der Waals surface area contributed by atoms with E-state index in [4.69, 9.17) is 13.9 Å². The largest absolute Gasteiger partial charge is 0.466 e. The van der Waals surface area contributed by atoms with Crippen LogP contribution in [0.3, 0.4) is 0 Å². The van der Waals surface area contributed by atoms with E-state index in [9.17, 15) is 19.7 Å². The minimum absolute atomic E-state index is 0.0335. The van der Waals surface area contributed by atoms with E-state index in [0.717, 1.165) is 0 Å². The van der Waals surface area contributed by atoms with Gasteiger partial charge in [-0.15, -0.1) is 0 Å². The molecule has 1 aliphatic heterocycles. The number of rotatable bonds is 7. The van der Waals surface area contributed by atoms with E-state index >= 15 is 0 Å². The van der Waals surface area contributed by atoms with Gasteiger partial charge in [0.15, 0.2) is 0 Å². The van der Waals surface area contributed by atoms with Crippen LogP contribution < -0.4 is 5.32 Å². The number of carbonyl (C=O) groups excluding carboxylic acids is 2. The lowest BCUT2D eigenvalue weighted by atomic mass is 9.80. The van der Waals surface area contributed by atoms with E-state index < -0.39 is 22.8 Å². The molecule has 0 radical (unpaired) electrons. The molecule has 1 atom stereocenters. The summed E-state index contributed by atoms with van der Waals surface area (Å²) < 4.78 is 15.5. The van der Waals surface area contributed by atoms with Crippen molar-refractivity contribution in [1.29, 1.82) is 0 Å². The quantitative estimate of drug-likeness (QED) is 0.393. The second-order valence-electron chi connectivity index (χ2n) is 7.00. The molecule has 2 heterocycles. The van der Waals surface area contributed by atoms with E-state index in [2.05, 4.69) is 5.32 Å². The number of methoxy groups -OCH3 is 1. The fourth-order valence-corrected chi connectivity index (χ4v) is 3.55. The summed E-state index contributed by atoms with van der Waals surface area (Å²) in [6.07, 6.45) is 4.81. The van der Waals surface area contributed by atoms with E-state index in [1.165, 1.54) is 31.6 Å². The summed E-state index contributed by atoms with van der Waals surface area (Å²) in [7, 11) is 1.23. The summed E-state index contributed by atoms with van der Waals surface area (Å²) in [5, 5.41) is 14.3. The fourth-order valence-electron chi connectivity index (χ4n) is 3.55. The zero-order valence-electron chi connectivity index (χ0n) is 17.8. The summed E-state index contributed by atoms with van der Waals surface area (Å²) in [6, 6.07) is 9.29. The molecule has 0 saturated carbocycles. The third kappa shape index (κ3) is 4.77. The lowest BCUT2D eigenvalue weighted by Crippen LogP contribution is -2.32. The lowest BCUT2D eigenvalue weighted by Gasteiger charge is -2.30. The van der Waals surface area contributed by atoms with Gasteiger partial charge in [-0.05, 0) is 43.7 Å². The van der Waals surface area contributed by atoms with Crippen molar-refractivity contribution in [1.82, 2.24) is 5.32 Å². The highest BCUT2D eigenvalue weighted by molar-refractivity contribution is 5.99. The van der Waals surface area contributed by atoms with Crippen molar-refractivity contribution < 1.29 is 28.4 Å². The highest BCUT2D eigenvalue weighted by atomic mass is 16.6. The maximum absolute atomic E-state index is 13.0. The van der Waals surface area contributed by atoms with Gasteiger partial charge in [0.1, 0.15) is 12.4 Å². The van der Waals surface area contributed by atoms with Crippen LogP contribution in [0.4, 0.5) is 5.69 Å². The number of ether oxygens (including phenoxy) is 2. The second-order valence-corrected chi connectivity index (χ2v) is 7.00. The summed E-state index contributed by atoms with van der Waals surface area (Å²) >= 11 is 0. The number of nitrogens with zero attached hydrogens (tertiary/aromatic N) is 1. The Morgan fingerprint density at radius 1 is 1.16 bits per heavy atom. The van der Waals surface area contributed by atoms with Crippen LogP contribution in [0.25, 0.3) is 6.08 Å². The van der Waals surface area contributed by atoms with Crippen molar-refractivity contribution in [2.75, 3.05) is 13.7 Å². The molecule has 2 aromatic rings. The van der Waals surface area contributed by atoms with Crippen molar-refractivity contribution >= 4 is 23.7 Å². The first-order chi connectivity index (χ1) is 15.3. The smallest absolute Gasteiger partial charge is 0.337 e. The first-order valence-electron chi connectivity index (χ1n) is 9.71. The van der Waals surface area contributed by atoms with Gasteiger partial charge in [0.05, 0.1) is 35.4 Å². The number of hydrogen-bond acceptors (Lipinski definition) is 8. The van der Waals surface area contributed by atoms with Gasteiger partial charge >= 0.3 is 11.9 Å². The molecule has 0 bridgehead atoms. The van der Waals surface area contributed by atoms with Gasteiger partial charge < -0.3 is 19.2 Å². The molecule has 1 aromatic carbocycles. The minimum atomic E-state index is -0.898. The number of carbonyl (C=O) groups is 2. The highest BCUT2D eigenvalue weighted by Gasteiger charge is 2.38. The van der Waals surface area contributed by atoms with Gasteiger partial charge in [-0.2, -0.15) is 0 Å². The average molecular weight is 438 g/mol. The third-order valence-electron chi connectivity index (χ3n) is 4.94. The number of nitro groups is 1. The first-order valence-corrected chi connectivity index (χ1v) is 9.71. The van der Waals surface area contributed by atoms with Crippen molar-refractivity contribution in [3.05, 3.63) is 92.7 Å². The molecule has 0 fully saturated rings. The van der Waals surface area contributed by atoms with E-state index in [0.29, 0.717) is 22.7 Å². The normalized spacial score (nSPS) is 16.2. The number of dihydropyridines is 1. The topological polar surface area (TPSA) is 121 Å². The van der Waals surface area contributed by atoms with Gasteiger partial charge in [0.25, 0.3) is 5.69 Å². The van der Waals surface area contributed by atoms with Crippen LogP contribution in [0.2, 0.25) is 0 Å². The molecular formula is C23H22N2O7. The lowest BCUT2D eigenvalue weighted by molar-refractivity contribution is -0.384. The number of nitrogens with one attached hydrogen (secondary N) is 1. The number of furan rings is 1. The zero-order valence-corrected chi connectivity index (χ0v) is 17.8. The molecule has 0 saturated heterocycles. The molecular weight excluding hydrogens is 416 g/mol. The molecule has 9 heteroatoms. The predicted molar refractivity (Wildman–Crippen MR) is 115 cm³/mol. The van der Waals surface area contributed by atoms with E-state index in [-0.39, 0.29) is 23.4 Å². The Kier molecular flexibility index (Phi) is 6.89. The SMILES string of the molecule is COC(=O)C1=C(C)NC(C)=C(C(=O)OC/C=C/c2ccco2)C1c1cccc([N+](=O)[O-])c1. The van der Waals surface area contributed by atoms with Crippen molar-refractivity contribution in [3.63, 3.8) is 0 Å². The van der Waals surface area contributed by atoms with Gasteiger partial charge in [-0.25, -0.2) is 9.59 Å². The Labute approximate surface area is 184 Å². The highest BCUT2D eigenvalue weighted by Crippen LogP contribution is 2.40. The monoisotopic (exact) mass is 438 g/mol. The number of non-ortho nitro benzene ring substituents is 1. The Morgan fingerprint density at radius 2 is 1.88 bits per heavy atom. The number of allylic oxidation sites excluding steroid dienone is 2. The summed E-state index contributed by atoms with van der Waals surface area (Å²) in [5.41, 5.74) is 1.55. The van der Waals surface area contributed by atoms with Crippen LogP contribution in [0.5, 0.6) is 0 Å². The van der Waals surface area contributed by atoms with Crippen LogP contribution in [-0.4, -0.2) is 30.6 Å². The van der Waals surface area contributed by atoms with Gasteiger partial charge in [-0.3, -0.25) is 10.1 Å². The molecule has 0 amide bonds. The van der Waals surface area contributed by atoms with Crippen LogP contribution >= 0.6 is 0 Å². The standard InChI is InChI=1S/C23H22N2O7/c1-14-19(22(26)30-3)21(16-7-4-8-17(13-16)25(28)29)20(15(2)24-14)23(27)32-12-6-10-18-9-5-11-31-18/h4-11,13,21,24H,12H2,1-3H3/b10-6+. The third-order valence-corrected chi connectivity index (χ3v) is 4.94. The summed E-state index contributed by atoms with van der Waals surface area (Å²) in [6.45, 7) is 3.32. The van der Waals surface area contributed by atoms with Crippen LogP contribution in [0, 0.1) is 10.1 Å². The number of nitro benzene ring substituents is 1. The molecule has 9 nitrogen and oxygen atoms in total. The Bertz CT molecular complexity index is 1130. The van der Waals surface area contributed by atoms with E-state index in [1.807, 2.05) is 0 Å². The van der Waals surface area contributed by atoms with Crippen LogP contribution in [0.1, 0.15) is 31.1 Å². The summed E-state index contributed by atoms with van der Waals surface area (Å²) in [4.78, 5) is 36.4. The minimum Gasteiger partial charge on any atom is -0.466 e. The van der Waals surface area contributed by atoms with Crippen molar-refractivity contribution in [2.45, 2.75) is 19.8 Å². The molecule has 32 heavy (non-hydrogen) atoms. The predicted octanol–water partition coefficient (Wildman–Crippen LogP) is 3.85. The Balaban J connectivity index is 1.96.